The first-order valence-corrected chi connectivity index (χ1v) is 6.98. The van der Waals surface area contributed by atoms with Crippen molar-refractivity contribution in [3.63, 3.8) is 0 Å². The van der Waals surface area contributed by atoms with Crippen LogP contribution < -0.4 is 4.74 Å². The highest BCUT2D eigenvalue weighted by Crippen LogP contribution is 2.13. The topological polar surface area (TPSA) is 54.0 Å². The molecule has 0 saturated carbocycles. The maximum atomic E-state index is 11.9. The highest BCUT2D eigenvalue weighted by atomic mass is 16.7. The van der Waals surface area contributed by atoms with E-state index >= 15 is 0 Å². The highest BCUT2D eigenvalue weighted by Gasteiger charge is 2.02. The molecule has 0 amide bonds. The van der Waals surface area contributed by atoms with E-state index in [0.29, 0.717) is 17.9 Å². The summed E-state index contributed by atoms with van der Waals surface area (Å²) in [6.45, 7) is 2.49. The second-order valence-corrected chi connectivity index (χ2v) is 4.34. The molecule has 1 aromatic rings. The normalized spacial score (nSPS) is 11.5. The molecule has 5 nitrogen and oxygen atoms in total. The number of carbonyl (C=O) groups is 1. The fourth-order valence-corrected chi connectivity index (χ4v) is 1.61. The van der Waals surface area contributed by atoms with E-state index in [1.807, 2.05) is 13.0 Å². The summed E-state index contributed by atoms with van der Waals surface area (Å²) in [4.78, 5) is 11.9. The quantitative estimate of drug-likeness (QED) is 0.287. The van der Waals surface area contributed by atoms with E-state index in [-0.39, 0.29) is 12.6 Å². The van der Waals surface area contributed by atoms with E-state index in [9.17, 15) is 4.79 Å². The van der Waals surface area contributed by atoms with Crippen molar-refractivity contribution in [1.82, 2.24) is 0 Å². The fourth-order valence-electron chi connectivity index (χ4n) is 1.61. The van der Waals surface area contributed by atoms with Crippen LogP contribution in [-0.2, 0) is 14.2 Å². The molecule has 0 spiro atoms. The van der Waals surface area contributed by atoms with Gasteiger partial charge in [0.1, 0.15) is 18.1 Å². The Kier molecular flexibility index (Phi) is 8.45. The molecule has 0 saturated heterocycles. The van der Waals surface area contributed by atoms with Crippen molar-refractivity contribution < 1.29 is 23.7 Å². The molecule has 120 valence electrons. The summed E-state index contributed by atoms with van der Waals surface area (Å²) >= 11 is 0. The van der Waals surface area contributed by atoms with Gasteiger partial charge < -0.3 is 18.9 Å². The molecule has 0 aromatic heterocycles. The molecule has 0 N–H and O–H groups in total. The Balaban J connectivity index is 2.47. The number of rotatable bonds is 10. The third-order valence-corrected chi connectivity index (χ3v) is 2.72. The van der Waals surface area contributed by atoms with E-state index in [4.69, 9.17) is 18.9 Å². The van der Waals surface area contributed by atoms with Gasteiger partial charge in [0, 0.05) is 18.7 Å². The van der Waals surface area contributed by atoms with E-state index < -0.39 is 0 Å². The van der Waals surface area contributed by atoms with Crippen molar-refractivity contribution in [1.29, 1.82) is 0 Å². The summed E-state index contributed by atoms with van der Waals surface area (Å²) in [5, 5.41) is 0. The number of allylic oxidation sites excluding steroid dienone is 2. The van der Waals surface area contributed by atoms with Gasteiger partial charge in [0.2, 0.25) is 0 Å². The molecule has 0 aliphatic carbocycles. The van der Waals surface area contributed by atoms with Crippen LogP contribution in [0.15, 0.2) is 48.4 Å². The first-order valence-electron chi connectivity index (χ1n) is 6.98. The summed E-state index contributed by atoms with van der Waals surface area (Å²) in [6.07, 6.45) is 5.55. The van der Waals surface area contributed by atoms with Gasteiger partial charge in [0.15, 0.2) is 12.6 Å². The zero-order chi connectivity index (χ0) is 16.2. The lowest BCUT2D eigenvalue weighted by molar-refractivity contribution is 0.0511. The third-order valence-electron chi connectivity index (χ3n) is 2.72. The zero-order valence-electron chi connectivity index (χ0n) is 13.2. The summed E-state index contributed by atoms with van der Waals surface area (Å²) in [7, 11) is 3.14. The molecule has 1 rings (SSSR count). The molecule has 0 heterocycles. The number of ether oxygens (including phenoxy) is 4. The molecule has 0 fully saturated rings. The van der Waals surface area contributed by atoms with Crippen LogP contribution in [0.4, 0.5) is 0 Å². The van der Waals surface area contributed by atoms with Crippen molar-refractivity contribution in [2.45, 2.75) is 13.3 Å². The molecular formula is C17H22O5. The molecule has 0 atom stereocenters. The maximum absolute atomic E-state index is 11.9. The molecule has 0 aliphatic rings. The number of benzene rings is 1. The Morgan fingerprint density at radius 1 is 1.18 bits per heavy atom. The first-order chi connectivity index (χ1) is 10.7. The zero-order valence-corrected chi connectivity index (χ0v) is 13.2. The largest absolute Gasteiger partial charge is 0.498 e. The van der Waals surface area contributed by atoms with E-state index in [0.717, 1.165) is 12.2 Å². The van der Waals surface area contributed by atoms with E-state index in [1.54, 1.807) is 38.5 Å². The SMILES string of the molecule is CCC=C(COC=CC(=O)c1ccc(OCOC)cc1)OC. The lowest BCUT2D eigenvalue weighted by Crippen LogP contribution is -2.00. The standard InChI is InChI=1S/C17H22O5/c1-4-5-16(20-3)12-21-11-10-17(18)14-6-8-15(9-7-14)22-13-19-2/h5-11H,4,12-13H2,1-3H3. The average molecular weight is 306 g/mol. The van der Waals surface area contributed by atoms with Gasteiger partial charge in [-0.15, -0.1) is 0 Å². The smallest absolute Gasteiger partial charge is 0.188 e. The van der Waals surface area contributed by atoms with Gasteiger partial charge in [-0.1, -0.05) is 6.92 Å². The van der Waals surface area contributed by atoms with E-state index in [2.05, 4.69) is 0 Å². The highest BCUT2D eigenvalue weighted by molar-refractivity contribution is 6.04. The minimum atomic E-state index is -0.142. The minimum absolute atomic E-state index is 0.142. The van der Waals surface area contributed by atoms with Gasteiger partial charge in [-0.2, -0.15) is 0 Å². The van der Waals surface area contributed by atoms with Crippen LogP contribution in [0.1, 0.15) is 23.7 Å². The molecule has 0 aliphatic heterocycles. The van der Waals surface area contributed by atoms with Gasteiger partial charge in [-0.05, 0) is 36.8 Å². The van der Waals surface area contributed by atoms with Crippen molar-refractivity contribution >= 4 is 5.78 Å². The fraction of sp³-hybridized carbons (Fsp3) is 0.353. The second-order valence-electron chi connectivity index (χ2n) is 4.34. The lowest BCUT2D eigenvalue weighted by atomic mass is 10.1. The first kappa shape index (κ1) is 17.8. The van der Waals surface area contributed by atoms with Crippen molar-refractivity contribution in [3.05, 3.63) is 54.0 Å². The van der Waals surface area contributed by atoms with Gasteiger partial charge in [0.05, 0.1) is 13.4 Å². The molecule has 0 unspecified atom stereocenters. The minimum Gasteiger partial charge on any atom is -0.498 e. The van der Waals surface area contributed by atoms with Crippen LogP contribution >= 0.6 is 0 Å². The van der Waals surface area contributed by atoms with Crippen LogP contribution in [0.25, 0.3) is 0 Å². The molecule has 1 aromatic carbocycles. The predicted octanol–water partition coefficient (Wildman–Crippen LogP) is 3.32. The molecule has 0 bridgehead atoms. The Morgan fingerprint density at radius 2 is 1.91 bits per heavy atom. The molecule has 22 heavy (non-hydrogen) atoms. The van der Waals surface area contributed by atoms with E-state index in [1.165, 1.54) is 12.3 Å². The van der Waals surface area contributed by atoms with Crippen LogP contribution in [0, 0.1) is 0 Å². The van der Waals surface area contributed by atoms with Crippen molar-refractivity contribution in [2.75, 3.05) is 27.6 Å². The second kappa shape index (κ2) is 10.5. The third kappa shape index (κ3) is 6.45. The Bertz CT molecular complexity index is 502. The summed E-state index contributed by atoms with van der Waals surface area (Å²) in [5.74, 6) is 1.24. The monoisotopic (exact) mass is 306 g/mol. The number of methoxy groups -OCH3 is 2. The van der Waals surface area contributed by atoms with Crippen LogP contribution in [0.2, 0.25) is 0 Å². The van der Waals surface area contributed by atoms with Gasteiger partial charge in [0.25, 0.3) is 0 Å². The van der Waals surface area contributed by atoms with Crippen LogP contribution in [0.3, 0.4) is 0 Å². The average Bonchev–Trinajstić information content (AvgIpc) is 2.56. The van der Waals surface area contributed by atoms with Gasteiger partial charge in [-0.3, -0.25) is 4.79 Å². The Morgan fingerprint density at radius 3 is 2.50 bits per heavy atom. The molecular weight excluding hydrogens is 284 g/mol. The lowest BCUT2D eigenvalue weighted by Gasteiger charge is -2.05. The Labute approximate surface area is 131 Å². The Hall–Kier alpha value is -2.27. The molecule has 5 heteroatoms. The van der Waals surface area contributed by atoms with Crippen LogP contribution in [-0.4, -0.2) is 33.4 Å². The number of hydrogen-bond donors (Lipinski definition) is 0. The number of carbonyl (C=O) groups excluding carboxylic acids is 1. The van der Waals surface area contributed by atoms with Crippen molar-refractivity contribution in [3.8, 4) is 5.75 Å². The number of ketones is 1. The predicted molar refractivity (Wildman–Crippen MR) is 83.8 cm³/mol. The van der Waals surface area contributed by atoms with Gasteiger partial charge in [-0.25, -0.2) is 0 Å². The molecule has 0 radical (unpaired) electrons. The summed E-state index contributed by atoms with van der Waals surface area (Å²) in [5.41, 5.74) is 0.556. The maximum Gasteiger partial charge on any atom is 0.188 e. The van der Waals surface area contributed by atoms with Crippen molar-refractivity contribution in [2.24, 2.45) is 0 Å². The van der Waals surface area contributed by atoms with Crippen LogP contribution in [0.5, 0.6) is 5.75 Å². The van der Waals surface area contributed by atoms with Gasteiger partial charge >= 0.3 is 0 Å². The number of hydrogen-bond acceptors (Lipinski definition) is 5. The summed E-state index contributed by atoms with van der Waals surface area (Å²) < 4.78 is 20.5. The summed E-state index contributed by atoms with van der Waals surface area (Å²) in [6, 6.07) is 6.81.